The molecule has 0 saturated heterocycles. The van der Waals surface area contributed by atoms with Gasteiger partial charge in [-0.1, -0.05) is 109 Å². The molecule has 8 aliphatic rings. The van der Waals surface area contributed by atoms with E-state index >= 15 is 0 Å². The average Bonchev–Trinajstić information content (AvgIpc) is 3.29. The first kappa shape index (κ1) is 28.5. The van der Waals surface area contributed by atoms with Crippen molar-refractivity contribution in [3.8, 4) is 0 Å². The van der Waals surface area contributed by atoms with Crippen LogP contribution in [0.5, 0.6) is 0 Å². The Bertz CT molecular complexity index is 575. The van der Waals surface area contributed by atoms with E-state index in [-0.39, 0.29) is 0 Å². The highest BCUT2D eigenvalue weighted by atomic mass is 14.5. The quantitative estimate of drug-likeness (QED) is 0.304. The van der Waals surface area contributed by atoms with Crippen molar-refractivity contribution in [1.82, 2.24) is 0 Å². The second-order valence-corrected chi connectivity index (χ2v) is 16.0. The highest BCUT2D eigenvalue weighted by Gasteiger charge is 2.42. The lowest BCUT2D eigenvalue weighted by molar-refractivity contribution is 0.0775. The van der Waals surface area contributed by atoms with Crippen molar-refractivity contribution in [2.45, 2.75) is 212 Å². The van der Waals surface area contributed by atoms with Crippen LogP contribution in [0.25, 0.3) is 0 Å². The molecule has 37 heavy (non-hydrogen) atoms. The average molecular weight is 511 g/mol. The van der Waals surface area contributed by atoms with E-state index in [1.54, 1.807) is 103 Å². The molecular weight excluding hydrogens is 444 g/mol. The Labute approximate surface area is 233 Å². The fourth-order valence-corrected chi connectivity index (χ4v) is 10.3. The minimum atomic E-state index is 0.873. The molecule has 0 bridgehead atoms. The van der Waals surface area contributed by atoms with Gasteiger partial charge in [-0.25, -0.2) is 0 Å². The molecule has 0 aromatic carbocycles. The van der Waals surface area contributed by atoms with E-state index < -0.39 is 0 Å². The highest BCUT2D eigenvalue weighted by Crippen LogP contribution is 2.56. The molecule has 0 unspecified atom stereocenters. The van der Waals surface area contributed by atoms with Gasteiger partial charge in [0.1, 0.15) is 0 Å². The van der Waals surface area contributed by atoms with E-state index in [4.69, 9.17) is 0 Å². The molecular formula is C37H66. The molecule has 0 nitrogen and oxygen atoms in total. The van der Waals surface area contributed by atoms with Gasteiger partial charge in [0.25, 0.3) is 0 Å². The zero-order chi connectivity index (χ0) is 25.3. The third-order valence-corrected chi connectivity index (χ3v) is 13.4. The zero-order valence-electron chi connectivity index (χ0n) is 25.3. The summed E-state index contributed by atoms with van der Waals surface area (Å²) in [6.07, 6.45) is 50.9. The van der Waals surface area contributed by atoms with Gasteiger partial charge in [-0.15, -0.1) is 0 Å². The molecule has 0 aliphatic heterocycles. The second kappa shape index (κ2) is 13.6. The van der Waals surface area contributed by atoms with Crippen LogP contribution in [0, 0.1) is 21.7 Å². The van der Waals surface area contributed by atoms with E-state index in [1.807, 2.05) is 0 Å². The monoisotopic (exact) mass is 511 g/mol. The Hall–Kier alpha value is 0. The first-order valence-electron chi connectivity index (χ1n) is 18.2. The van der Waals surface area contributed by atoms with Crippen molar-refractivity contribution in [2.75, 3.05) is 0 Å². The SMILES string of the molecule is C1CCC2(CC1)CC2.C1CCC2(CC1)CCC2.C1CCC2(CC1)CCCC2.C1CCC2(CC1)CCCC2. The van der Waals surface area contributed by atoms with E-state index in [0.29, 0.717) is 0 Å². The first-order chi connectivity index (χ1) is 18.2. The first-order valence-corrected chi connectivity index (χ1v) is 18.2. The van der Waals surface area contributed by atoms with E-state index in [9.17, 15) is 0 Å². The molecule has 0 N–H and O–H groups in total. The minimum absolute atomic E-state index is 0.873. The van der Waals surface area contributed by atoms with Gasteiger partial charge in [-0.2, -0.15) is 0 Å². The van der Waals surface area contributed by atoms with E-state index in [0.717, 1.165) is 21.7 Å². The van der Waals surface area contributed by atoms with Crippen LogP contribution in [-0.4, -0.2) is 0 Å². The number of hydrogen-bond donors (Lipinski definition) is 0. The normalized spacial score (nSPS) is 31.8. The zero-order valence-corrected chi connectivity index (χ0v) is 25.3. The van der Waals surface area contributed by atoms with Crippen LogP contribution in [-0.2, 0) is 0 Å². The van der Waals surface area contributed by atoms with Gasteiger partial charge in [0.2, 0.25) is 0 Å². The van der Waals surface area contributed by atoms with Gasteiger partial charge in [-0.05, 0) is 124 Å². The van der Waals surface area contributed by atoms with Crippen LogP contribution in [0.15, 0.2) is 0 Å². The largest absolute Gasteiger partial charge is 0.0533 e. The lowest BCUT2D eigenvalue weighted by Crippen LogP contribution is -2.31. The lowest BCUT2D eigenvalue weighted by atomic mass is 9.61. The van der Waals surface area contributed by atoms with Crippen molar-refractivity contribution in [2.24, 2.45) is 21.7 Å². The molecule has 0 aromatic rings. The minimum Gasteiger partial charge on any atom is -0.0533 e. The van der Waals surface area contributed by atoms with Gasteiger partial charge in [0, 0.05) is 0 Å². The third kappa shape index (κ3) is 8.26. The Morgan fingerprint density at radius 2 is 0.297 bits per heavy atom. The Morgan fingerprint density at radius 3 is 0.459 bits per heavy atom. The van der Waals surface area contributed by atoms with Gasteiger partial charge >= 0.3 is 0 Å². The standard InChI is InChI=1S/2C10H18.C9H16.C8H14/c2*1-2-6-10(7-3-1)8-4-5-9-10;1-2-5-9(6-3-1)7-4-8-9;1-2-4-8(5-3-1)6-7-8/h2*1-9H2;1-8H2;1-7H2. The third-order valence-electron chi connectivity index (χ3n) is 13.4. The smallest absolute Gasteiger partial charge is 0.0297 e. The maximum Gasteiger partial charge on any atom is -0.0297 e. The van der Waals surface area contributed by atoms with Crippen LogP contribution in [0.4, 0.5) is 0 Å². The maximum atomic E-state index is 1.56. The Kier molecular flexibility index (Phi) is 10.5. The molecule has 4 spiro atoms. The van der Waals surface area contributed by atoms with Gasteiger partial charge < -0.3 is 0 Å². The molecule has 8 rings (SSSR count). The number of rotatable bonds is 0. The van der Waals surface area contributed by atoms with Gasteiger partial charge in [-0.3, -0.25) is 0 Å². The fourth-order valence-electron chi connectivity index (χ4n) is 10.3. The molecule has 0 heteroatoms. The summed E-state index contributed by atoms with van der Waals surface area (Å²) in [5.41, 5.74) is 3.58. The molecule has 8 fully saturated rings. The molecule has 214 valence electrons. The van der Waals surface area contributed by atoms with Crippen molar-refractivity contribution in [1.29, 1.82) is 0 Å². The topological polar surface area (TPSA) is 0 Å². The molecule has 8 aliphatic carbocycles. The van der Waals surface area contributed by atoms with Crippen molar-refractivity contribution >= 4 is 0 Å². The molecule has 0 radical (unpaired) electrons. The molecule has 0 amide bonds. The van der Waals surface area contributed by atoms with Crippen LogP contribution >= 0.6 is 0 Å². The second-order valence-electron chi connectivity index (χ2n) is 16.0. The van der Waals surface area contributed by atoms with Crippen LogP contribution in [0.2, 0.25) is 0 Å². The Balaban J connectivity index is 0.000000101. The van der Waals surface area contributed by atoms with E-state index in [2.05, 4.69) is 0 Å². The molecule has 0 heterocycles. The summed E-state index contributed by atoms with van der Waals surface area (Å²) < 4.78 is 0. The molecule has 0 atom stereocenters. The van der Waals surface area contributed by atoms with Crippen LogP contribution < -0.4 is 0 Å². The summed E-state index contributed by atoms with van der Waals surface area (Å²) in [4.78, 5) is 0. The summed E-state index contributed by atoms with van der Waals surface area (Å²) >= 11 is 0. The van der Waals surface area contributed by atoms with Crippen LogP contribution in [0.1, 0.15) is 212 Å². The van der Waals surface area contributed by atoms with Crippen molar-refractivity contribution in [3.05, 3.63) is 0 Å². The predicted octanol–water partition coefficient (Wildman–Crippen LogP) is 12.9. The van der Waals surface area contributed by atoms with Crippen molar-refractivity contribution in [3.63, 3.8) is 0 Å². The predicted molar refractivity (Wildman–Crippen MR) is 162 cm³/mol. The van der Waals surface area contributed by atoms with Gasteiger partial charge in [0.15, 0.2) is 0 Å². The van der Waals surface area contributed by atoms with Crippen LogP contribution in [0.3, 0.4) is 0 Å². The summed E-state index contributed by atoms with van der Waals surface area (Å²) in [6, 6.07) is 0. The fraction of sp³-hybridized carbons (Fsp3) is 1.00. The molecule has 8 saturated carbocycles. The van der Waals surface area contributed by atoms with Crippen molar-refractivity contribution < 1.29 is 0 Å². The maximum absolute atomic E-state index is 1.56. The summed E-state index contributed by atoms with van der Waals surface area (Å²) in [5, 5.41) is 0. The lowest BCUT2D eigenvalue weighted by Gasteiger charge is -2.45. The summed E-state index contributed by atoms with van der Waals surface area (Å²) in [7, 11) is 0. The highest BCUT2D eigenvalue weighted by molar-refractivity contribution is 4.94. The number of hydrogen-bond acceptors (Lipinski definition) is 0. The summed E-state index contributed by atoms with van der Waals surface area (Å²) in [5.74, 6) is 0. The summed E-state index contributed by atoms with van der Waals surface area (Å²) in [6.45, 7) is 0. The Morgan fingerprint density at radius 1 is 0.135 bits per heavy atom. The molecule has 0 aromatic heterocycles. The van der Waals surface area contributed by atoms with Gasteiger partial charge in [0.05, 0.1) is 0 Å². The van der Waals surface area contributed by atoms with E-state index in [1.165, 1.54) is 109 Å².